The standard InChI is InChI=1S/C15H25N3O/c1-5-17-15(14(16)19,11-18(4)12(2)3)13-9-7-6-8-10-13/h6-10,12,17H,5,11H2,1-4H3,(H2,16,19). The van der Waals surface area contributed by atoms with E-state index in [2.05, 4.69) is 24.1 Å². The lowest BCUT2D eigenvalue weighted by molar-refractivity contribution is -0.125. The molecular formula is C15H25N3O. The molecule has 0 aromatic heterocycles. The van der Waals surface area contributed by atoms with Gasteiger partial charge in [0, 0.05) is 12.6 Å². The van der Waals surface area contributed by atoms with Crippen LogP contribution in [-0.4, -0.2) is 37.0 Å². The summed E-state index contributed by atoms with van der Waals surface area (Å²) in [7, 11) is 2.00. The van der Waals surface area contributed by atoms with Crippen LogP contribution in [0.3, 0.4) is 0 Å². The van der Waals surface area contributed by atoms with E-state index in [1.807, 2.05) is 44.3 Å². The summed E-state index contributed by atoms with van der Waals surface area (Å²) in [5.74, 6) is -0.340. The van der Waals surface area contributed by atoms with Gasteiger partial charge in [0.1, 0.15) is 5.54 Å². The minimum absolute atomic E-state index is 0.340. The maximum atomic E-state index is 12.1. The molecule has 4 heteroatoms. The Morgan fingerprint density at radius 2 is 1.95 bits per heavy atom. The summed E-state index contributed by atoms with van der Waals surface area (Å²) in [6, 6.07) is 10.0. The minimum Gasteiger partial charge on any atom is -0.368 e. The van der Waals surface area contributed by atoms with Gasteiger partial charge < -0.3 is 10.6 Å². The number of nitrogens with two attached hydrogens (primary N) is 1. The highest BCUT2D eigenvalue weighted by Crippen LogP contribution is 2.22. The zero-order chi connectivity index (χ0) is 14.5. The number of carbonyl (C=O) groups is 1. The van der Waals surface area contributed by atoms with Crippen molar-refractivity contribution in [3.05, 3.63) is 35.9 Å². The molecule has 3 N–H and O–H groups in total. The first-order valence-electron chi connectivity index (χ1n) is 6.74. The van der Waals surface area contributed by atoms with E-state index >= 15 is 0 Å². The average Bonchev–Trinajstić information content (AvgIpc) is 2.38. The molecule has 1 rings (SSSR count). The first-order valence-corrected chi connectivity index (χ1v) is 6.74. The van der Waals surface area contributed by atoms with Crippen molar-refractivity contribution in [3.63, 3.8) is 0 Å². The van der Waals surface area contributed by atoms with Crippen LogP contribution in [0.2, 0.25) is 0 Å². The Hall–Kier alpha value is -1.39. The van der Waals surface area contributed by atoms with E-state index in [1.165, 1.54) is 0 Å². The second-order valence-corrected chi connectivity index (χ2v) is 5.17. The highest BCUT2D eigenvalue weighted by molar-refractivity contribution is 5.86. The molecule has 1 aromatic carbocycles. The van der Waals surface area contributed by atoms with Gasteiger partial charge >= 0.3 is 0 Å². The van der Waals surface area contributed by atoms with Crippen LogP contribution in [0.1, 0.15) is 26.3 Å². The van der Waals surface area contributed by atoms with Crippen LogP contribution in [0.4, 0.5) is 0 Å². The molecule has 0 fully saturated rings. The predicted octanol–water partition coefficient (Wildman–Crippen LogP) is 1.32. The molecule has 0 aliphatic carbocycles. The van der Waals surface area contributed by atoms with E-state index in [0.717, 1.165) is 5.56 Å². The molecular weight excluding hydrogens is 238 g/mol. The van der Waals surface area contributed by atoms with Gasteiger partial charge in [-0.25, -0.2) is 0 Å². The van der Waals surface area contributed by atoms with Crippen LogP contribution in [0.15, 0.2) is 30.3 Å². The third kappa shape index (κ3) is 3.55. The van der Waals surface area contributed by atoms with Gasteiger partial charge in [-0.3, -0.25) is 10.1 Å². The summed E-state index contributed by atoms with van der Waals surface area (Å²) in [5, 5.41) is 3.28. The number of benzene rings is 1. The number of primary amides is 1. The summed E-state index contributed by atoms with van der Waals surface area (Å²) >= 11 is 0. The van der Waals surface area contributed by atoms with E-state index in [1.54, 1.807) is 0 Å². The van der Waals surface area contributed by atoms with Gasteiger partial charge in [-0.05, 0) is 33.0 Å². The Balaban J connectivity index is 3.18. The van der Waals surface area contributed by atoms with E-state index in [4.69, 9.17) is 5.73 Å². The Labute approximate surface area is 116 Å². The van der Waals surface area contributed by atoms with Crippen LogP contribution >= 0.6 is 0 Å². The third-order valence-electron chi connectivity index (χ3n) is 3.53. The van der Waals surface area contributed by atoms with Crippen LogP contribution in [0.25, 0.3) is 0 Å². The van der Waals surface area contributed by atoms with Crippen LogP contribution in [0.5, 0.6) is 0 Å². The van der Waals surface area contributed by atoms with Crippen molar-refractivity contribution in [1.82, 2.24) is 10.2 Å². The molecule has 106 valence electrons. The summed E-state index contributed by atoms with van der Waals surface area (Å²) in [5.41, 5.74) is 5.79. The molecule has 0 saturated heterocycles. The first-order chi connectivity index (χ1) is 8.94. The zero-order valence-electron chi connectivity index (χ0n) is 12.3. The molecule has 1 aromatic rings. The lowest BCUT2D eigenvalue weighted by Crippen LogP contribution is -2.59. The maximum Gasteiger partial charge on any atom is 0.243 e. The second-order valence-electron chi connectivity index (χ2n) is 5.17. The second kappa shape index (κ2) is 6.68. The summed E-state index contributed by atoms with van der Waals surface area (Å²) in [6.07, 6.45) is 0. The van der Waals surface area contributed by atoms with E-state index in [9.17, 15) is 4.79 Å². The summed E-state index contributed by atoms with van der Waals surface area (Å²) in [6.45, 7) is 7.42. The summed E-state index contributed by atoms with van der Waals surface area (Å²) in [4.78, 5) is 14.2. The molecule has 1 amide bonds. The van der Waals surface area contributed by atoms with Crippen molar-refractivity contribution in [3.8, 4) is 0 Å². The van der Waals surface area contributed by atoms with Crippen molar-refractivity contribution in [2.75, 3.05) is 20.1 Å². The lowest BCUT2D eigenvalue weighted by atomic mass is 9.88. The van der Waals surface area contributed by atoms with Crippen molar-refractivity contribution < 1.29 is 4.79 Å². The van der Waals surface area contributed by atoms with Gasteiger partial charge in [0.25, 0.3) is 0 Å². The number of likely N-dealkylation sites (N-methyl/N-ethyl adjacent to an activating group) is 2. The number of hydrogen-bond acceptors (Lipinski definition) is 3. The van der Waals surface area contributed by atoms with Crippen molar-refractivity contribution in [2.45, 2.75) is 32.4 Å². The number of hydrogen-bond donors (Lipinski definition) is 2. The fraction of sp³-hybridized carbons (Fsp3) is 0.533. The van der Waals surface area contributed by atoms with Crippen LogP contribution in [-0.2, 0) is 10.3 Å². The molecule has 0 spiro atoms. The van der Waals surface area contributed by atoms with Crippen molar-refractivity contribution in [2.24, 2.45) is 5.73 Å². The molecule has 0 aliphatic heterocycles. The quantitative estimate of drug-likeness (QED) is 0.780. The Morgan fingerprint density at radius 1 is 1.37 bits per heavy atom. The highest BCUT2D eigenvalue weighted by atomic mass is 16.1. The lowest BCUT2D eigenvalue weighted by Gasteiger charge is -2.37. The fourth-order valence-electron chi connectivity index (χ4n) is 2.14. The van der Waals surface area contributed by atoms with Gasteiger partial charge in [0.05, 0.1) is 0 Å². The Kier molecular flexibility index (Phi) is 5.51. The van der Waals surface area contributed by atoms with E-state index in [0.29, 0.717) is 19.1 Å². The summed E-state index contributed by atoms with van der Waals surface area (Å²) < 4.78 is 0. The average molecular weight is 263 g/mol. The Bertz CT molecular complexity index is 405. The van der Waals surface area contributed by atoms with E-state index in [-0.39, 0.29) is 5.91 Å². The maximum absolute atomic E-state index is 12.1. The monoisotopic (exact) mass is 263 g/mol. The van der Waals surface area contributed by atoms with Crippen LogP contribution in [0, 0.1) is 0 Å². The third-order valence-corrected chi connectivity index (χ3v) is 3.53. The van der Waals surface area contributed by atoms with Gasteiger partial charge in [-0.1, -0.05) is 37.3 Å². The fourth-order valence-corrected chi connectivity index (χ4v) is 2.14. The SMILES string of the molecule is CCNC(CN(C)C(C)C)(C(N)=O)c1ccccc1. The molecule has 0 bridgehead atoms. The normalized spacial score (nSPS) is 14.6. The molecule has 0 radical (unpaired) electrons. The Morgan fingerprint density at radius 3 is 2.37 bits per heavy atom. The zero-order valence-corrected chi connectivity index (χ0v) is 12.3. The number of nitrogens with one attached hydrogen (secondary N) is 1. The van der Waals surface area contributed by atoms with Gasteiger partial charge in [-0.2, -0.15) is 0 Å². The number of rotatable bonds is 7. The predicted molar refractivity (Wildman–Crippen MR) is 78.8 cm³/mol. The van der Waals surface area contributed by atoms with Crippen LogP contribution < -0.4 is 11.1 Å². The van der Waals surface area contributed by atoms with Gasteiger partial charge in [0.15, 0.2) is 0 Å². The van der Waals surface area contributed by atoms with Crippen molar-refractivity contribution in [1.29, 1.82) is 0 Å². The molecule has 1 atom stereocenters. The number of amides is 1. The molecule has 0 aliphatic rings. The van der Waals surface area contributed by atoms with Crippen molar-refractivity contribution >= 4 is 5.91 Å². The van der Waals surface area contributed by atoms with E-state index < -0.39 is 5.54 Å². The minimum atomic E-state index is -0.838. The largest absolute Gasteiger partial charge is 0.368 e. The molecule has 0 saturated carbocycles. The highest BCUT2D eigenvalue weighted by Gasteiger charge is 2.39. The van der Waals surface area contributed by atoms with Gasteiger partial charge in [-0.15, -0.1) is 0 Å². The first kappa shape index (κ1) is 15.7. The molecule has 0 heterocycles. The number of carbonyl (C=O) groups excluding carboxylic acids is 1. The number of nitrogens with zero attached hydrogens (tertiary/aromatic N) is 1. The molecule has 4 nitrogen and oxygen atoms in total. The molecule has 19 heavy (non-hydrogen) atoms. The topological polar surface area (TPSA) is 58.4 Å². The van der Waals surface area contributed by atoms with Gasteiger partial charge in [0.2, 0.25) is 5.91 Å². The smallest absolute Gasteiger partial charge is 0.243 e. The molecule has 1 unspecified atom stereocenters.